The van der Waals surface area contributed by atoms with Crippen LogP contribution in [-0.4, -0.2) is 55.9 Å². The van der Waals surface area contributed by atoms with Gasteiger partial charge in [0.1, 0.15) is 17.5 Å². The monoisotopic (exact) mass is 484 g/mol. The van der Waals surface area contributed by atoms with Crippen LogP contribution in [0.2, 0.25) is 0 Å². The molecule has 0 spiro atoms. The maximum absolute atomic E-state index is 14.1. The van der Waals surface area contributed by atoms with Gasteiger partial charge in [-0.15, -0.1) is 10.2 Å². The number of nitrogens with two attached hydrogens (primary N) is 1. The standard InChI is InChI=1S/C25H27F3N6O/c1-14(2)35-20-8-5-16-4-7-19(30-22(16)15(20)3)24-32-31-21-9-6-17(12-34(21)24)23(25(26,27)28)33-11-10-18(29)13-33/h4-9,12,14,18,23H,10-11,13,29H2,1-3H3/t18?,23-/m1/s1. The predicted molar refractivity (Wildman–Crippen MR) is 127 cm³/mol. The number of hydrogen-bond acceptors (Lipinski definition) is 6. The average molecular weight is 485 g/mol. The molecule has 3 aromatic heterocycles. The Morgan fingerprint density at radius 2 is 1.86 bits per heavy atom. The van der Waals surface area contributed by atoms with E-state index in [1.54, 1.807) is 16.5 Å². The smallest absolute Gasteiger partial charge is 0.408 e. The fraction of sp³-hybridized carbons (Fsp3) is 0.400. The molecule has 4 aromatic rings. The van der Waals surface area contributed by atoms with Gasteiger partial charge >= 0.3 is 6.18 Å². The van der Waals surface area contributed by atoms with Crippen molar-refractivity contribution in [1.29, 1.82) is 0 Å². The van der Waals surface area contributed by atoms with Crippen LogP contribution < -0.4 is 10.5 Å². The Balaban J connectivity index is 1.60. The molecule has 1 saturated heterocycles. The van der Waals surface area contributed by atoms with Gasteiger partial charge in [-0.05, 0) is 57.0 Å². The van der Waals surface area contributed by atoms with Crippen LogP contribution in [0.3, 0.4) is 0 Å². The molecule has 1 aliphatic heterocycles. The average Bonchev–Trinajstić information content (AvgIpc) is 3.40. The summed E-state index contributed by atoms with van der Waals surface area (Å²) in [6.07, 6.45) is -2.43. The van der Waals surface area contributed by atoms with Gasteiger partial charge in [0, 0.05) is 36.3 Å². The lowest BCUT2D eigenvalue weighted by Gasteiger charge is -2.30. The van der Waals surface area contributed by atoms with Crippen molar-refractivity contribution >= 4 is 16.6 Å². The molecule has 0 radical (unpaired) electrons. The number of ether oxygens (including phenoxy) is 1. The first-order chi connectivity index (χ1) is 16.6. The fourth-order valence-electron chi connectivity index (χ4n) is 4.72. The number of likely N-dealkylation sites (tertiary alicyclic amines) is 1. The highest BCUT2D eigenvalue weighted by Crippen LogP contribution is 2.39. The molecule has 2 N–H and O–H groups in total. The van der Waals surface area contributed by atoms with Gasteiger partial charge < -0.3 is 10.5 Å². The Hall–Kier alpha value is -3.24. The molecule has 0 saturated carbocycles. The van der Waals surface area contributed by atoms with Crippen LogP contribution in [0, 0.1) is 6.92 Å². The van der Waals surface area contributed by atoms with Crippen molar-refractivity contribution < 1.29 is 17.9 Å². The third kappa shape index (κ3) is 4.43. The minimum absolute atomic E-state index is 0.0138. The Morgan fingerprint density at radius 3 is 2.54 bits per heavy atom. The summed E-state index contributed by atoms with van der Waals surface area (Å²) < 4.78 is 49.9. The highest BCUT2D eigenvalue weighted by atomic mass is 19.4. The summed E-state index contributed by atoms with van der Waals surface area (Å²) in [5.41, 5.74) is 8.60. The largest absolute Gasteiger partial charge is 0.491 e. The first-order valence-corrected chi connectivity index (χ1v) is 11.6. The summed E-state index contributed by atoms with van der Waals surface area (Å²) in [5.74, 6) is 1.11. The zero-order chi connectivity index (χ0) is 24.9. The zero-order valence-electron chi connectivity index (χ0n) is 19.8. The van der Waals surface area contributed by atoms with Gasteiger partial charge in [0.25, 0.3) is 0 Å². The van der Waals surface area contributed by atoms with Crippen LogP contribution in [-0.2, 0) is 0 Å². The third-order valence-electron chi connectivity index (χ3n) is 6.33. The second kappa shape index (κ2) is 8.76. The van der Waals surface area contributed by atoms with Crippen molar-refractivity contribution in [3.63, 3.8) is 0 Å². The number of benzene rings is 1. The molecule has 1 aliphatic rings. The number of fused-ring (bicyclic) bond motifs is 2. The van der Waals surface area contributed by atoms with Gasteiger partial charge in [0.2, 0.25) is 0 Å². The van der Waals surface area contributed by atoms with E-state index in [9.17, 15) is 13.2 Å². The van der Waals surface area contributed by atoms with E-state index in [4.69, 9.17) is 15.5 Å². The van der Waals surface area contributed by atoms with E-state index in [0.29, 0.717) is 30.1 Å². The molecule has 10 heteroatoms. The van der Waals surface area contributed by atoms with E-state index >= 15 is 0 Å². The van der Waals surface area contributed by atoms with E-state index in [0.717, 1.165) is 22.2 Å². The number of aromatic nitrogens is 4. The molecule has 2 atom stereocenters. The zero-order valence-corrected chi connectivity index (χ0v) is 19.8. The molecule has 1 unspecified atom stereocenters. The van der Waals surface area contributed by atoms with Gasteiger partial charge in [0.05, 0.1) is 11.6 Å². The first kappa shape index (κ1) is 23.5. The number of hydrogen-bond donors (Lipinski definition) is 1. The summed E-state index contributed by atoms with van der Waals surface area (Å²) in [5, 5.41) is 9.34. The number of pyridine rings is 2. The lowest BCUT2D eigenvalue weighted by atomic mass is 10.1. The predicted octanol–water partition coefficient (Wildman–Crippen LogP) is 4.68. The maximum atomic E-state index is 14.1. The van der Waals surface area contributed by atoms with Gasteiger partial charge in [0.15, 0.2) is 11.5 Å². The van der Waals surface area contributed by atoms with Crippen LogP contribution >= 0.6 is 0 Å². The molecular formula is C25H27F3N6O. The van der Waals surface area contributed by atoms with Gasteiger partial charge in [-0.25, -0.2) is 4.98 Å². The van der Waals surface area contributed by atoms with Crippen LogP contribution in [0.15, 0.2) is 42.6 Å². The summed E-state index contributed by atoms with van der Waals surface area (Å²) in [6, 6.07) is 8.57. The van der Waals surface area contributed by atoms with Crippen molar-refractivity contribution in [3.05, 3.63) is 53.7 Å². The van der Waals surface area contributed by atoms with Crippen LogP contribution in [0.1, 0.15) is 37.4 Å². The Bertz CT molecular complexity index is 1380. The molecule has 0 amide bonds. The van der Waals surface area contributed by atoms with Gasteiger partial charge in [-0.2, -0.15) is 13.2 Å². The normalized spacial score (nSPS) is 18.1. The van der Waals surface area contributed by atoms with E-state index in [1.165, 1.54) is 17.2 Å². The van der Waals surface area contributed by atoms with Gasteiger partial charge in [-0.1, -0.05) is 12.1 Å². The molecule has 1 fully saturated rings. The summed E-state index contributed by atoms with van der Waals surface area (Å²) in [4.78, 5) is 6.19. The number of nitrogens with zero attached hydrogens (tertiary/aromatic N) is 5. The lowest BCUT2D eigenvalue weighted by Crippen LogP contribution is -2.38. The SMILES string of the molecule is Cc1c(OC(C)C)ccc2ccc(-c3nnc4ccc([C@@H](N5CCC(N)C5)C(F)(F)F)cn34)nc12. The summed E-state index contributed by atoms with van der Waals surface area (Å²) >= 11 is 0. The molecule has 5 rings (SSSR count). The number of aryl methyl sites for hydroxylation is 1. The first-order valence-electron chi connectivity index (χ1n) is 11.6. The molecule has 0 bridgehead atoms. The van der Waals surface area contributed by atoms with Crippen molar-refractivity contribution in [2.24, 2.45) is 5.73 Å². The number of rotatable bonds is 5. The van der Waals surface area contributed by atoms with Crippen molar-refractivity contribution in [2.45, 2.75) is 51.6 Å². The summed E-state index contributed by atoms with van der Waals surface area (Å²) in [7, 11) is 0. The minimum atomic E-state index is -4.45. The second-order valence-electron chi connectivity index (χ2n) is 9.33. The van der Waals surface area contributed by atoms with E-state index in [2.05, 4.69) is 10.2 Å². The second-order valence-corrected chi connectivity index (χ2v) is 9.33. The van der Waals surface area contributed by atoms with Crippen LogP contribution in [0.25, 0.3) is 28.1 Å². The highest BCUT2D eigenvalue weighted by molar-refractivity contribution is 5.85. The Morgan fingerprint density at radius 1 is 1.09 bits per heavy atom. The molecule has 35 heavy (non-hydrogen) atoms. The van der Waals surface area contributed by atoms with Crippen molar-refractivity contribution in [2.75, 3.05) is 13.1 Å². The van der Waals surface area contributed by atoms with E-state index in [1.807, 2.05) is 39.0 Å². The molecule has 4 heterocycles. The Labute approximate surface area is 200 Å². The lowest BCUT2D eigenvalue weighted by molar-refractivity contribution is -0.183. The number of halogens is 3. The Kier molecular flexibility index (Phi) is 5.88. The molecule has 7 nitrogen and oxygen atoms in total. The molecule has 0 aliphatic carbocycles. The minimum Gasteiger partial charge on any atom is -0.491 e. The fourth-order valence-corrected chi connectivity index (χ4v) is 4.72. The van der Waals surface area contributed by atoms with Crippen molar-refractivity contribution in [3.8, 4) is 17.3 Å². The third-order valence-corrected chi connectivity index (χ3v) is 6.33. The maximum Gasteiger partial charge on any atom is 0.408 e. The van der Waals surface area contributed by atoms with E-state index in [-0.39, 0.29) is 24.3 Å². The quantitative estimate of drug-likeness (QED) is 0.443. The topological polar surface area (TPSA) is 81.6 Å². The highest BCUT2D eigenvalue weighted by Gasteiger charge is 2.46. The number of alkyl halides is 3. The molecule has 1 aromatic carbocycles. The van der Waals surface area contributed by atoms with Crippen LogP contribution in [0.4, 0.5) is 13.2 Å². The molecular weight excluding hydrogens is 457 g/mol. The summed E-state index contributed by atoms with van der Waals surface area (Å²) in [6.45, 7) is 6.34. The van der Waals surface area contributed by atoms with Gasteiger partial charge in [-0.3, -0.25) is 9.30 Å². The van der Waals surface area contributed by atoms with Crippen LogP contribution in [0.5, 0.6) is 5.75 Å². The van der Waals surface area contributed by atoms with Crippen molar-refractivity contribution in [1.82, 2.24) is 24.5 Å². The molecule has 184 valence electrons. The van der Waals surface area contributed by atoms with E-state index < -0.39 is 12.2 Å².